The van der Waals surface area contributed by atoms with E-state index in [1.54, 1.807) is 6.07 Å². The van der Waals surface area contributed by atoms with Crippen molar-refractivity contribution in [2.24, 2.45) is 0 Å². The highest BCUT2D eigenvalue weighted by molar-refractivity contribution is 5.21. The van der Waals surface area contributed by atoms with Crippen LogP contribution in [0.25, 0.3) is 0 Å². The molecule has 1 aromatic heterocycles. The van der Waals surface area contributed by atoms with Gasteiger partial charge < -0.3 is 4.98 Å². The predicted octanol–water partition coefficient (Wildman–Crippen LogP) is 2.16. The molecular weight excluding hydrogens is 193 g/mol. The topological polar surface area (TPSA) is 27.8 Å². The van der Waals surface area contributed by atoms with Crippen molar-refractivity contribution in [3.05, 3.63) is 24.0 Å². The molecule has 2 N–H and O–H groups in total. The third kappa shape index (κ3) is 1.23. The normalized spacial score (nSPS) is 28.2. The number of nitrogens with one attached hydrogen (secondary N) is 2. The van der Waals surface area contributed by atoms with E-state index >= 15 is 0 Å². The second-order valence-corrected chi connectivity index (χ2v) is 3.52. The van der Waals surface area contributed by atoms with Crippen molar-refractivity contribution >= 4 is 0 Å². The number of halogens is 3. The summed E-state index contributed by atoms with van der Waals surface area (Å²) >= 11 is 0. The molecule has 1 aliphatic heterocycles. The van der Waals surface area contributed by atoms with Crippen molar-refractivity contribution in [3.63, 3.8) is 0 Å². The van der Waals surface area contributed by atoms with Crippen LogP contribution >= 0.6 is 0 Å². The lowest BCUT2D eigenvalue weighted by atomic mass is 9.93. The van der Waals surface area contributed by atoms with Gasteiger partial charge in [0.2, 0.25) is 0 Å². The van der Waals surface area contributed by atoms with Gasteiger partial charge in [-0.3, -0.25) is 5.32 Å². The Morgan fingerprint density at radius 3 is 2.57 bits per heavy atom. The molecule has 0 bridgehead atoms. The average Bonchev–Trinajstić information content (AvgIpc) is 2.74. The number of aromatic nitrogens is 1. The molecule has 2 rings (SSSR count). The van der Waals surface area contributed by atoms with E-state index in [1.165, 1.54) is 12.3 Å². The van der Waals surface area contributed by atoms with Gasteiger partial charge in [0, 0.05) is 11.9 Å². The molecule has 1 unspecified atom stereocenters. The standard InChI is InChI=1S/C9H11F3N2/c10-9(11,12)8(4-2-6-14-8)7-3-1-5-13-7/h1,3,5,13-14H,2,4,6H2. The number of H-pyrrole nitrogens is 1. The van der Waals surface area contributed by atoms with E-state index in [-0.39, 0.29) is 12.1 Å². The van der Waals surface area contributed by atoms with E-state index in [9.17, 15) is 13.2 Å². The van der Waals surface area contributed by atoms with E-state index in [0.717, 1.165) is 0 Å². The number of alkyl halides is 3. The second kappa shape index (κ2) is 3.02. The van der Waals surface area contributed by atoms with Crippen molar-refractivity contribution in [2.45, 2.75) is 24.6 Å². The third-order valence-corrected chi connectivity index (χ3v) is 2.70. The molecule has 0 amide bonds. The lowest BCUT2D eigenvalue weighted by molar-refractivity contribution is -0.197. The molecule has 0 spiro atoms. The summed E-state index contributed by atoms with van der Waals surface area (Å²) in [5, 5.41) is 2.56. The smallest absolute Gasteiger partial charge is 0.363 e. The first-order valence-electron chi connectivity index (χ1n) is 4.52. The Morgan fingerprint density at radius 2 is 2.14 bits per heavy atom. The summed E-state index contributed by atoms with van der Waals surface area (Å²) in [5.41, 5.74) is -1.64. The van der Waals surface area contributed by atoms with Gasteiger partial charge >= 0.3 is 6.18 Å². The molecule has 1 atom stereocenters. The van der Waals surface area contributed by atoms with E-state index in [4.69, 9.17) is 0 Å². The molecule has 0 aliphatic carbocycles. The molecule has 0 saturated carbocycles. The first-order valence-corrected chi connectivity index (χ1v) is 4.52. The molecule has 2 heterocycles. The highest BCUT2D eigenvalue weighted by atomic mass is 19.4. The number of hydrogen-bond acceptors (Lipinski definition) is 1. The first kappa shape index (κ1) is 9.58. The molecule has 2 nitrogen and oxygen atoms in total. The van der Waals surface area contributed by atoms with Crippen LogP contribution in [0.2, 0.25) is 0 Å². The molecule has 5 heteroatoms. The maximum atomic E-state index is 12.9. The lowest BCUT2D eigenvalue weighted by Gasteiger charge is -2.31. The van der Waals surface area contributed by atoms with Gasteiger partial charge in [0.25, 0.3) is 0 Å². The van der Waals surface area contributed by atoms with Crippen molar-refractivity contribution in [1.29, 1.82) is 0 Å². The van der Waals surface area contributed by atoms with E-state index in [1.807, 2.05) is 0 Å². The SMILES string of the molecule is FC(F)(F)C1(c2ccc[nH]2)CCCN1. The number of aromatic amines is 1. The van der Waals surface area contributed by atoms with Crippen LogP contribution in [0.15, 0.2) is 18.3 Å². The number of hydrogen-bond donors (Lipinski definition) is 2. The van der Waals surface area contributed by atoms with Crippen LogP contribution in [0, 0.1) is 0 Å². The van der Waals surface area contributed by atoms with E-state index < -0.39 is 11.7 Å². The zero-order valence-corrected chi connectivity index (χ0v) is 7.49. The molecule has 1 aliphatic rings. The van der Waals surface area contributed by atoms with Crippen molar-refractivity contribution < 1.29 is 13.2 Å². The van der Waals surface area contributed by atoms with E-state index in [2.05, 4.69) is 10.3 Å². The summed E-state index contributed by atoms with van der Waals surface area (Å²) in [5.74, 6) is 0. The van der Waals surface area contributed by atoms with Gasteiger partial charge in [-0.15, -0.1) is 0 Å². The summed E-state index contributed by atoms with van der Waals surface area (Å²) in [4.78, 5) is 2.64. The monoisotopic (exact) mass is 204 g/mol. The minimum absolute atomic E-state index is 0.108. The van der Waals surface area contributed by atoms with Gasteiger partial charge in [-0.2, -0.15) is 13.2 Å². The molecule has 0 aromatic carbocycles. The quantitative estimate of drug-likeness (QED) is 0.720. The Labute approximate surface area is 79.5 Å². The Bertz CT molecular complexity index is 296. The van der Waals surface area contributed by atoms with Crippen LogP contribution in [-0.2, 0) is 5.54 Å². The fraction of sp³-hybridized carbons (Fsp3) is 0.556. The minimum atomic E-state index is -4.24. The molecule has 1 aromatic rings. The minimum Gasteiger partial charge on any atom is -0.363 e. The fourth-order valence-electron chi connectivity index (χ4n) is 1.96. The summed E-state index contributed by atoms with van der Waals surface area (Å²) in [6, 6.07) is 3.06. The maximum Gasteiger partial charge on any atom is 0.412 e. The Kier molecular flexibility index (Phi) is 2.06. The predicted molar refractivity (Wildman–Crippen MR) is 45.8 cm³/mol. The van der Waals surface area contributed by atoms with Gasteiger partial charge in [-0.1, -0.05) is 0 Å². The van der Waals surface area contributed by atoms with Crippen molar-refractivity contribution in [2.75, 3.05) is 6.54 Å². The highest BCUT2D eigenvalue weighted by Crippen LogP contribution is 2.44. The lowest BCUT2D eigenvalue weighted by Crippen LogP contribution is -2.50. The number of rotatable bonds is 1. The van der Waals surface area contributed by atoms with Crippen LogP contribution < -0.4 is 5.32 Å². The van der Waals surface area contributed by atoms with Gasteiger partial charge in [-0.25, -0.2) is 0 Å². The first-order chi connectivity index (χ1) is 6.56. The summed E-state index contributed by atoms with van der Waals surface area (Å²) in [7, 11) is 0. The van der Waals surface area contributed by atoms with Gasteiger partial charge in [0.05, 0.1) is 0 Å². The van der Waals surface area contributed by atoms with Crippen LogP contribution in [0.3, 0.4) is 0 Å². The van der Waals surface area contributed by atoms with Crippen molar-refractivity contribution in [3.8, 4) is 0 Å². The molecular formula is C9H11F3N2. The molecule has 0 radical (unpaired) electrons. The average molecular weight is 204 g/mol. The summed E-state index contributed by atoms with van der Waals surface area (Å²) in [6.45, 7) is 0.415. The molecule has 78 valence electrons. The van der Waals surface area contributed by atoms with Crippen molar-refractivity contribution in [1.82, 2.24) is 10.3 Å². The van der Waals surface area contributed by atoms with Crippen LogP contribution in [0.5, 0.6) is 0 Å². The van der Waals surface area contributed by atoms with Crippen LogP contribution in [0.4, 0.5) is 13.2 Å². The summed E-state index contributed by atoms with van der Waals surface area (Å²) in [6.07, 6.45) is -2.06. The third-order valence-electron chi connectivity index (χ3n) is 2.70. The largest absolute Gasteiger partial charge is 0.412 e. The van der Waals surface area contributed by atoms with Crippen LogP contribution in [0.1, 0.15) is 18.5 Å². The maximum absolute atomic E-state index is 12.9. The molecule has 1 saturated heterocycles. The zero-order chi connectivity index (χ0) is 10.2. The fourth-order valence-corrected chi connectivity index (χ4v) is 1.96. The molecule has 14 heavy (non-hydrogen) atoms. The zero-order valence-electron chi connectivity index (χ0n) is 7.49. The highest BCUT2D eigenvalue weighted by Gasteiger charge is 2.57. The van der Waals surface area contributed by atoms with Crippen LogP contribution in [-0.4, -0.2) is 17.7 Å². The van der Waals surface area contributed by atoms with E-state index in [0.29, 0.717) is 13.0 Å². The van der Waals surface area contributed by atoms with Gasteiger partial charge in [0.1, 0.15) is 0 Å². The molecule has 1 fully saturated rings. The Balaban J connectivity index is 2.42. The Morgan fingerprint density at radius 1 is 1.36 bits per heavy atom. The van der Waals surface area contributed by atoms with Gasteiger partial charge in [-0.05, 0) is 31.5 Å². The Hall–Kier alpha value is -0.970. The second-order valence-electron chi connectivity index (χ2n) is 3.52. The summed E-state index contributed by atoms with van der Waals surface area (Å²) < 4.78 is 38.7. The van der Waals surface area contributed by atoms with Gasteiger partial charge in [0.15, 0.2) is 5.54 Å².